The highest BCUT2D eigenvalue weighted by atomic mass is 16.2. The molecule has 0 atom stereocenters. The van der Waals surface area contributed by atoms with Crippen LogP contribution in [0.2, 0.25) is 0 Å². The summed E-state index contributed by atoms with van der Waals surface area (Å²) in [4.78, 5) is 23.7. The summed E-state index contributed by atoms with van der Waals surface area (Å²) in [5, 5.41) is 2.86. The molecule has 2 aromatic carbocycles. The van der Waals surface area contributed by atoms with E-state index in [1.807, 2.05) is 60.7 Å². The highest BCUT2D eigenvalue weighted by Gasteiger charge is 2.23. The Balaban J connectivity index is 2.39. The van der Waals surface area contributed by atoms with Crippen molar-refractivity contribution in [1.29, 1.82) is 0 Å². The summed E-state index contributed by atoms with van der Waals surface area (Å²) >= 11 is 0. The number of hydrogen-bond acceptors (Lipinski definition) is 3. The smallest absolute Gasteiger partial charge is 0.245 e. The zero-order valence-electron chi connectivity index (χ0n) is 12.2. The molecule has 108 valence electrons. The maximum atomic E-state index is 11.9. The number of para-hydroxylation sites is 1. The van der Waals surface area contributed by atoms with E-state index in [-0.39, 0.29) is 11.8 Å². The van der Waals surface area contributed by atoms with Gasteiger partial charge in [-0.25, -0.2) is 0 Å². The van der Waals surface area contributed by atoms with Crippen LogP contribution in [0.5, 0.6) is 0 Å². The molecule has 0 aliphatic carbocycles. The van der Waals surface area contributed by atoms with Crippen LogP contribution in [0.25, 0.3) is 0 Å². The maximum Gasteiger partial charge on any atom is 0.245 e. The van der Waals surface area contributed by atoms with Gasteiger partial charge in [0.25, 0.3) is 0 Å². The molecule has 21 heavy (non-hydrogen) atoms. The Morgan fingerprint density at radius 3 is 1.76 bits per heavy atom. The van der Waals surface area contributed by atoms with Crippen molar-refractivity contribution in [3.63, 3.8) is 0 Å². The van der Waals surface area contributed by atoms with Crippen molar-refractivity contribution in [1.82, 2.24) is 5.01 Å². The molecule has 0 unspecified atom stereocenters. The van der Waals surface area contributed by atoms with Gasteiger partial charge in [-0.2, -0.15) is 5.01 Å². The fourth-order valence-corrected chi connectivity index (χ4v) is 2.20. The summed E-state index contributed by atoms with van der Waals surface area (Å²) in [6, 6.07) is 19.2. The minimum Gasteiger partial charge on any atom is -0.273 e. The molecular weight excluding hydrogens is 264 g/mol. The number of imide groups is 1. The lowest BCUT2D eigenvalue weighted by Gasteiger charge is -2.33. The summed E-state index contributed by atoms with van der Waals surface area (Å²) in [6.07, 6.45) is 0. The summed E-state index contributed by atoms with van der Waals surface area (Å²) in [7, 11) is 0. The van der Waals surface area contributed by atoms with Gasteiger partial charge in [-0.15, -0.1) is 0 Å². The fourth-order valence-electron chi connectivity index (χ4n) is 2.20. The second kappa shape index (κ2) is 6.70. The first-order valence-corrected chi connectivity index (χ1v) is 6.77. The number of hydrazine groups is 1. The average molecular weight is 282 g/mol. The number of rotatable bonds is 4. The fraction of sp³-hybridized carbons (Fsp3) is 0.176. The second-order valence-corrected chi connectivity index (χ2v) is 4.73. The molecule has 0 aliphatic rings. The van der Waals surface area contributed by atoms with Crippen LogP contribution in [0.1, 0.15) is 19.4 Å². The Hall–Kier alpha value is -2.62. The molecule has 0 aliphatic heterocycles. The third kappa shape index (κ3) is 3.69. The molecule has 2 aromatic rings. The molecular formula is C17H18N2O2. The zero-order chi connectivity index (χ0) is 15.2. The molecule has 0 fully saturated rings. The molecule has 2 amide bonds. The number of nitrogens with zero attached hydrogens (tertiary/aromatic N) is 2. The van der Waals surface area contributed by atoms with Gasteiger partial charge >= 0.3 is 0 Å². The largest absolute Gasteiger partial charge is 0.273 e. The van der Waals surface area contributed by atoms with Crippen molar-refractivity contribution in [3.05, 3.63) is 66.2 Å². The van der Waals surface area contributed by atoms with Crippen LogP contribution in [0.3, 0.4) is 0 Å². The molecule has 0 saturated carbocycles. The normalized spacial score (nSPS) is 10.0. The van der Waals surface area contributed by atoms with Crippen LogP contribution in [-0.2, 0) is 16.1 Å². The van der Waals surface area contributed by atoms with Crippen molar-refractivity contribution < 1.29 is 9.59 Å². The number of hydrogen-bond donors (Lipinski definition) is 0. The first-order valence-electron chi connectivity index (χ1n) is 6.77. The van der Waals surface area contributed by atoms with Crippen LogP contribution < -0.4 is 5.01 Å². The highest BCUT2D eigenvalue weighted by molar-refractivity contribution is 5.94. The molecule has 2 rings (SSSR count). The Bertz CT molecular complexity index is 597. The SMILES string of the molecule is CC(=O)N(C(C)=O)N(Cc1ccccc1)c1ccccc1. The third-order valence-electron chi connectivity index (χ3n) is 3.07. The van der Waals surface area contributed by atoms with Gasteiger partial charge in [-0.1, -0.05) is 48.5 Å². The number of carbonyl (C=O) groups is 2. The topological polar surface area (TPSA) is 40.6 Å². The first kappa shape index (κ1) is 14.8. The van der Waals surface area contributed by atoms with Crippen molar-refractivity contribution >= 4 is 17.5 Å². The second-order valence-electron chi connectivity index (χ2n) is 4.73. The van der Waals surface area contributed by atoms with Gasteiger partial charge in [0.1, 0.15) is 0 Å². The molecule has 0 bridgehead atoms. The number of benzene rings is 2. The minimum atomic E-state index is -0.303. The van der Waals surface area contributed by atoms with Gasteiger partial charge in [0.05, 0.1) is 12.2 Å². The quantitative estimate of drug-likeness (QED) is 0.809. The van der Waals surface area contributed by atoms with Gasteiger partial charge in [0.15, 0.2) is 0 Å². The summed E-state index contributed by atoms with van der Waals surface area (Å²) in [5.41, 5.74) is 1.82. The summed E-state index contributed by atoms with van der Waals surface area (Å²) in [5.74, 6) is -0.607. The molecule has 4 heteroatoms. The van der Waals surface area contributed by atoms with Crippen LogP contribution in [-0.4, -0.2) is 16.8 Å². The molecule has 4 nitrogen and oxygen atoms in total. The Kier molecular flexibility index (Phi) is 4.72. The Labute approximate surface area is 124 Å². The van der Waals surface area contributed by atoms with E-state index in [2.05, 4.69) is 0 Å². The van der Waals surface area contributed by atoms with E-state index in [1.165, 1.54) is 18.9 Å². The average Bonchev–Trinajstić information content (AvgIpc) is 2.48. The first-order chi connectivity index (χ1) is 10.1. The van der Waals surface area contributed by atoms with Crippen LogP contribution in [0.4, 0.5) is 5.69 Å². The lowest BCUT2D eigenvalue weighted by molar-refractivity contribution is -0.143. The zero-order valence-corrected chi connectivity index (χ0v) is 12.2. The minimum absolute atomic E-state index is 0.303. The Morgan fingerprint density at radius 2 is 1.29 bits per heavy atom. The standard InChI is InChI=1S/C17H18N2O2/c1-14(20)19(15(2)21)18(17-11-7-4-8-12-17)13-16-9-5-3-6-10-16/h3-12H,13H2,1-2H3. The summed E-state index contributed by atoms with van der Waals surface area (Å²) in [6.45, 7) is 3.23. The van der Waals surface area contributed by atoms with Gasteiger partial charge in [0.2, 0.25) is 11.8 Å². The Morgan fingerprint density at radius 1 is 0.810 bits per heavy atom. The van der Waals surface area contributed by atoms with Crippen LogP contribution in [0, 0.1) is 0 Å². The van der Waals surface area contributed by atoms with E-state index in [1.54, 1.807) is 5.01 Å². The molecule has 0 heterocycles. The van der Waals surface area contributed by atoms with E-state index in [0.29, 0.717) is 6.54 Å². The van der Waals surface area contributed by atoms with E-state index < -0.39 is 0 Å². The number of anilines is 1. The maximum absolute atomic E-state index is 11.9. The van der Waals surface area contributed by atoms with Crippen molar-refractivity contribution in [2.24, 2.45) is 0 Å². The third-order valence-corrected chi connectivity index (χ3v) is 3.07. The lowest BCUT2D eigenvalue weighted by Crippen LogP contribution is -2.48. The van der Waals surface area contributed by atoms with Crippen molar-refractivity contribution in [2.75, 3.05) is 5.01 Å². The van der Waals surface area contributed by atoms with E-state index in [4.69, 9.17) is 0 Å². The van der Waals surface area contributed by atoms with E-state index in [0.717, 1.165) is 11.3 Å². The summed E-state index contributed by atoms with van der Waals surface area (Å²) < 4.78 is 0. The van der Waals surface area contributed by atoms with E-state index >= 15 is 0 Å². The van der Waals surface area contributed by atoms with Crippen LogP contribution >= 0.6 is 0 Å². The molecule has 0 radical (unpaired) electrons. The molecule has 0 saturated heterocycles. The van der Waals surface area contributed by atoms with Gasteiger partial charge < -0.3 is 0 Å². The molecule has 0 spiro atoms. The monoisotopic (exact) mass is 282 g/mol. The van der Waals surface area contributed by atoms with Crippen molar-refractivity contribution in [3.8, 4) is 0 Å². The van der Waals surface area contributed by atoms with Gasteiger partial charge in [0, 0.05) is 13.8 Å². The van der Waals surface area contributed by atoms with E-state index in [9.17, 15) is 9.59 Å². The predicted molar refractivity (Wildman–Crippen MR) is 82.3 cm³/mol. The molecule has 0 aromatic heterocycles. The van der Waals surface area contributed by atoms with Crippen LogP contribution in [0.15, 0.2) is 60.7 Å². The van der Waals surface area contributed by atoms with Gasteiger partial charge in [-0.3, -0.25) is 14.6 Å². The molecule has 0 N–H and O–H groups in total. The predicted octanol–water partition coefficient (Wildman–Crippen LogP) is 3.00. The highest BCUT2D eigenvalue weighted by Crippen LogP contribution is 2.19. The van der Waals surface area contributed by atoms with Gasteiger partial charge in [-0.05, 0) is 17.7 Å². The van der Waals surface area contributed by atoms with Crippen molar-refractivity contribution in [2.45, 2.75) is 20.4 Å². The lowest BCUT2D eigenvalue weighted by atomic mass is 10.2. The number of amides is 2. The number of carbonyl (C=O) groups excluding carboxylic acids is 2.